The predicted octanol–water partition coefficient (Wildman–Crippen LogP) is 3.47. The van der Waals surface area contributed by atoms with Crippen LogP contribution in [0, 0.1) is 0 Å². The minimum Gasteiger partial charge on any atom is -0.497 e. The number of nitrogens with zero attached hydrogens (tertiary/aromatic N) is 2. The van der Waals surface area contributed by atoms with E-state index in [-0.39, 0.29) is 18.4 Å². The van der Waals surface area contributed by atoms with Gasteiger partial charge in [-0.3, -0.25) is 19.8 Å². The molecule has 0 aliphatic carbocycles. The molecule has 10 heteroatoms. The lowest BCUT2D eigenvalue weighted by molar-refractivity contribution is -0.117. The Morgan fingerprint density at radius 3 is 2.81 bits per heavy atom. The molecule has 1 aliphatic heterocycles. The third kappa shape index (κ3) is 5.04. The van der Waals surface area contributed by atoms with Gasteiger partial charge in [-0.25, -0.2) is 4.98 Å². The smallest absolute Gasteiger partial charge is 0.258 e. The third-order valence-electron chi connectivity index (χ3n) is 4.86. The van der Waals surface area contributed by atoms with Gasteiger partial charge < -0.3 is 14.8 Å². The summed E-state index contributed by atoms with van der Waals surface area (Å²) in [6.45, 7) is 1.58. The Morgan fingerprint density at radius 2 is 2.06 bits per heavy atom. The first-order valence-electron chi connectivity index (χ1n) is 9.62. The van der Waals surface area contributed by atoms with Gasteiger partial charge in [0.25, 0.3) is 5.91 Å². The molecule has 0 spiro atoms. The van der Waals surface area contributed by atoms with Crippen LogP contribution in [0.25, 0.3) is 0 Å². The molecular weight excluding hydrogens is 436 g/mol. The van der Waals surface area contributed by atoms with E-state index < -0.39 is 0 Å². The van der Waals surface area contributed by atoms with E-state index in [1.807, 2.05) is 5.38 Å². The molecule has 2 aromatic heterocycles. The Kier molecular flexibility index (Phi) is 6.50. The number of amides is 2. The lowest BCUT2D eigenvalue weighted by atomic mass is 10.2. The molecule has 0 fully saturated rings. The number of hydrogen-bond donors (Lipinski definition) is 2. The maximum atomic E-state index is 12.6. The second kappa shape index (κ2) is 9.46. The number of methoxy groups -OCH3 is 2. The van der Waals surface area contributed by atoms with E-state index >= 15 is 0 Å². The fourth-order valence-corrected chi connectivity index (χ4v) is 4.99. The Bertz CT molecular complexity index is 1080. The van der Waals surface area contributed by atoms with Gasteiger partial charge in [0, 0.05) is 35.8 Å². The number of fused-ring (bicyclic) bond motifs is 1. The molecule has 2 amide bonds. The van der Waals surface area contributed by atoms with E-state index in [4.69, 9.17) is 9.47 Å². The highest BCUT2D eigenvalue weighted by atomic mass is 32.1. The molecule has 0 saturated carbocycles. The number of carbonyl (C=O) groups is 2. The zero-order valence-corrected chi connectivity index (χ0v) is 18.8. The van der Waals surface area contributed by atoms with Gasteiger partial charge in [-0.1, -0.05) is 0 Å². The van der Waals surface area contributed by atoms with Crippen molar-refractivity contribution in [2.75, 3.05) is 37.9 Å². The highest BCUT2D eigenvalue weighted by molar-refractivity contribution is 7.16. The number of thiazole rings is 1. The summed E-state index contributed by atoms with van der Waals surface area (Å²) in [6.07, 6.45) is 0.732. The zero-order valence-electron chi connectivity index (χ0n) is 17.1. The average Bonchev–Trinajstić information content (AvgIpc) is 3.43. The van der Waals surface area contributed by atoms with E-state index in [0.717, 1.165) is 23.5 Å². The molecule has 31 heavy (non-hydrogen) atoms. The SMILES string of the molecule is COc1ccc(OC)c(NC(=O)CN2CCc3nc(NC(=O)c4ccsc4)sc3C2)c1. The van der Waals surface area contributed by atoms with E-state index in [2.05, 4.69) is 20.5 Å². The number of rotatable bonds is 7. The molecule has 2 N–H and O–H groups in total. The summed E-state index contributed by atoms with van der Waals surface area (Å²) in [5.41, 5.74) is 2.18. The second-order valence-electron chi connectivity index (χ2n) is 6.93. The number of benzene rings is 1. The van der Waals surface area contributed by atoms with Crippen molar-refractivity contribution in [3.8, 4) is 11.5 Å². The van der Waals surface area contributed by atoms with Crippen LogP contribution in [0.5, 0.6) is 11.5 Å². The van der Waals surface area contributed by atoms with Crippen LogP contribution in [0.3, 0.4) is 0 Å². The van der Waals surface area contributed by atoms with Crippen molar-refractivity contribution >= 4 is 45.3 Å². The van der Waals surface area contributed by atoms with Crippen LogP contribution in [-0.4, -0.2) is 49.0 Å². The predicted molar refractivity (Wildman–Crippen MR) is 122 cm³/mol. The van der Waals surface area contributed by atoms with Crippen LogP contribution in [0.4, 0.5) is 10.8 Å². The first-order valence-corrected chi connectivity index (χ1v) is 11.4. The van der Waals surface area contributed by atoms with Crippen molar-refractivity contribution < 1.29 is 19.1 Å². The summed E-state index contributed by atoms with van der Waals surface area (Å²) in [7, 11) is 3.13. The van der Waals surface area contributed by atoms with Crippen LogP contribution < -0.4 is 20.1 Å². The number of aromatic nitrogens is 1. The number of carbonyl (C=O) groups excluding carboxylic acids is 2. The number of thiophene rings is 1. The first-order chi connectivity index (χ1) is 15.1. The topological polar surface area (TPSA) is 92.8 Å². The monoisotopic (exact) mass is 458 g/mol. The van der Waals surface area contributed by atoms with Crippen LogP contribution in [0.1, 0.15) is 20.9 Å². The first kappa shape index (κ1) is 21.3. The van der Waals surface area contributed by atoms with E-state index in [1.165, 1.54) is 22.7 Å². The van der Waals surface area contributed by atoms with Crippen molar-refractivity contribution in [2.24, 2.45) is 0 Å². The standard InChI is InChI=1S/C21H22N4O4S2/c1-28-14-3-4-17(29-2)16(9-14)22-19(26)11-25-7-5-15-18(10-25)31-21(23-15)24-20(27)13-6-8-30-12-13/h3-4,6,8-9,12H,5,7,10-11H2,1-2H3,(H,22,26)(H,23,24,27). The Balaban J connectivity index is 1.36. The molecule has 0 atom stereocenters. The molecular formula is C21H22N4O4S2. The molecule has 162 valence electrons. The highest BCUT2D eigenvalue weighted by Gasteiger charge is 2.23. The van der Waals surface area contributed by atoms with Crippen molar-refractivity contribution in [1.29, 1.82) is 0 Å². The van der Waals surface area contributed by atoms with Crippen molar-refractivity contribution in [1.82, 2.24) is 9.88 Å². The van der Waals surface area contributed by atoms with Crippen LogP contribution in [0.2, 0.25) is 0 Å². The van der Waals surface area contributed by atoms with Crippen molar-refractivity contribution in [2.45, 2.75) is 13.0 Å². The van der Waals surface area contributed by atoms with Crippen molar-refractivity contribution in [3.63, 3.8) is 0 Å². The Morgan fingerprint density at radius 1 is 1.19 bits per heavy atom. The quantitative estimate of drug-likeness (QED) is 0.563. The van der Waals surface area contributed by atoms with E-state index in [1.54, 1.807) is 43.9 Å². The average molecular weight is 459 g/mol. The van der Waals surface area contributed by atoms with Gasteiger partial charge in [-0.05, 0) is 23.6 Å². The van der Waals surface area contributed by atoms with Crippen LogP contribution in [0.15, 0.2) is 35.0 Å². The van der Waals surface area contributed by atoms with E-state index in [0.29, 0.717) is 34.4 Å². The van der Waals surface area contributed by atoms with E-state index in [9.17, 15) is 9.59 Å². The van der Waals surface area contributed by atoms with Crippen molar-refractivity contribution in [3.05, 3.63) is 51.2 Å². The minimum absolute atomic E-state index is 0.134. The Hall–Kier alpha value is -2.95. The van der Waals surface area contributed by atoms with Gasteiger partial charge in [0.15, 0.2) is 5.13 Å². The molecule has 3 heterocycles. The van der Waals surface area contributed by atoms with Gasteiger partial charge in [0.1, 0.15) is 11.5 Å². The zero-order chi connectivity index (χ0) is 21.8. The fourth-order valence-electron chi connectivity index (χ4n) is 3.30. The van der Waals surface area contributed by atoms with Gasteiger partial charge >= 0.3 is 0 Å². The largest absolute Gasteiger partial charge is 0.497 e. The molecule has 1 aromatic carbocycles. The summed E-state index contributed by atoms with van der Waals surface area (Å²) < 4.78 is 10.5. The summed E-state index contributed by atoms with van der Waals surface area (Å²) >= 11 is 2.94. The number of anilines is 2. The van der Waals surface area contributed by atoms with Crippen LogP contribution >= 0.6 is 22.7 Å². The molecule has 0 bridgehead atoms. The molecule has 3 aromatic rings. The van der Waals surface area contributed by atoms with Gasteiger partial charge in [0.2, 0.25) is 5.91 Å². The lowest BCUT2D eigenvalue weighted by Crippen LogP contribution is -2.36. The Labute approximate surface area is 187 Å². The summed E-state index contributed by atoms with van der Waals surface area (Å²) in [4.78, 5) is 32.6. The molecule has 4 rings (SSSR count). The molecule has 0 unspecified atom stereocenters. The number of ether oxygens (including phenoxy) is 2. The molecule has 0 radical (unpaired) electrons. The third-order valence-corrected chi connectivity index (χ3v) is 6.54. The maximum Gasteiger partial charge on any atom is 0.258 e. The maximum absolute atomic E-state index is 12.6. The summed E-state index contributed by atoms with van der Waals surface area (Å²) in [5, 5.41) is 10.0. The van der Waals surface area contributed by atoms with Gasteiger partial charge in [-0.15, -0.1) is 11.3 Å². The number of nitrogens with one attached hydrogen (secondary N) is 2. The molecule has 1 aliphatic rings. The number of hydrogen-bond acceptors (Lipinski definition) is 8. The second-order valence-corrected chi connectivity index (χ2v) is 8.79. The highest BCUT2D eigenvalue weighted by Crippen LogP contribution is 2.30. The summed E-state index contributed by atoms with van der Waals surface area (Å²) in [6, 6.07) is 7.05. The molecule has 8 nitrogen and oxygen atoms in total. The fraction of sp³-hybridized carbons (Fsp3) is 0.286. The normalized spacial score (nSPS) is 13.4. The molecule has 0 saturated heterocycles. The lowest BCUT2D eigenvalue weighted by Gasteiger charge is -2.25. The summed E-state index contributed by atoms with van der Waals surface area (Å²) in [5.74, 6) is 0.922. The van der Waals surface area contributed by atoms with Crippen LogP contribution in [-0.2, 0) is 17.8 Å². The van der Waals surface area contributed by atoms with Gasteiger partial charge in [-0.2, -0.15) is 11.3 Å². The van der Waals surface area contributed by atoms with Gasteiger partial charge in [0.05, 0.1) is 37.7 Å². The minimum atomic E-state index is -0.157.